The number of halogens is 1. The van der Waals surface area contributed by atoms with Gasteiger partial charge in [-0.2, -0.15) is 0 Å². The van der Waals surface area contributed by atoms with E-state index in [-0.39, 0.29) is 41.9 Å². The van der Waals surface area contributed by atoms with Crippen molar-refractivity contribution < 1.29 is 33.8 Å². The van der Waals surface area contributed by atoms with E-state index in [2.05, 4.69) is 6.58 Å². The number of carbonyl (C=O) groups is 4. The molecule has 9 nitrogen and oxygen atoms in total. The number of carbonyl (C=O) groups excluding carboxylic acids is 4. The number of methoxy groups -OCH3 is 2. The molecule has 2 saturated heterocycles. The van der Waals surface area contributed by atoms with Gasteiger partial charge in [0.1, 0.15) is 0 Å². The summed E-state index contributed by atoms with van der Waals surface area (Å²) >= 11 is 6.41. The van der Waals surface area contributed by atoms with Crippen molar-refractivity contribution in [2.24, 2.45) is 23.7 Å². The minimum Gasteiger partial charge on any atom is -0.502 e. The summed E-state index contributed by atoms with van der Waals surface area (Å²) < 4.78 is 11.2. The first-order valence-electron chi connectivity index (χ1n) is 17.1. The molecule has 4 aliphatic rings. The molecular formula is C42H35ClN2O7. The first-order valence-corrected chi connectivity index (χ1v) is 17.5. The Labute approximate surface area is 305 Å². The third kappa shape index (κ3) is 4.68. The number of nitrogens with zero attached hydrogens (tertiary/aromatic N) is 2. The monoisotopic (exact) mass is 714 g/mol. The Morgan fingerprint density at radius 2 is 1.50 bits per heavy atom. The summed E-state index contributed by atoms with van der Waals surface area (Å²) in [5.74, 6) is -5.23. The molecule has 4 aromatic carbocycles. The predicted octanol–water partition coefficient (Wildman–Crippen LogP) is 7.07. The van der Waals surface area contributed by atoms with Crippen LogP contribution in [0.2, 0.25) is 5.02 Å². The number of rotatable bonds is 7. The molecule has 2 heterocycles. The summed E-state index contributed by atoms with van der Waals surface area (Å²) in [6.45, 7) is 3.80. The van der Waals surface area contributed by atoms with Crippen molar-refractivity contribution in [3.05, 3.63) is 131 Å². The molecular weight excluding hydrogens is 680 g/mol. The molecule has 2 aliphatic carbocycles. The number of imide groups is 2. The van der Waals surface area contributed by atoms with Gasteiger partial charge in [0.25, 0.3) is 0 Å². The second-order valence-electron chi connectivity index (χ2n) is 13.7. The van der Waals surface area contributed by atoms with E-state index in [1.54, 1.807) is 66.7 Å². The van der Waals surface area contributed by atoms with E-state index in [0.29, 0.717) is 27.5 Å². The molecule has 6 unspecified atom stereocenters. The largest absolute Gasteiger partial charge is 0.502 e. The lowest BCUT2D eigenvalue weighted by molar-refractivity contribution is -0.127. The first-order chi connectivity index (χ1) is 25.1. The maximum atomic E-state index is 15.4. The van der Waals surface area contributed by atoms with Gasteiger partial charge < -0.3 is 14.6 Å². The standard InChI is InChI=1S/C42H35ClN2O7/c1-4-23-13-15-27(16-14-23)44-38(47)30-18-17-29-31(35(30)40(44)49)22-32-39(48)45(28-12-8-11-26(43)21-28)41(50)42(32,25-9-6-5-7-10-25)36(29)24-19-33(51-2)37(46)34(20-24)52-3/h4-17,19-21,30-32,35-36,46H,1,18,22H2,2-3H3. The smallest absolute Gasteiger partial charge is 0.246 e. The van der Waals surface area contributed by atoms with Crippen molar-refractivity contribution in [3.8, 4) is 17.2 Å². The third-order valence-corrected chi connectivity index (χ3v) is 11.6. The zero-order valence-corrected chi connectivity index (χ0v) is 29.2. The van der Waals surface area contributed by atoms with Crippen LogP contribution < -0.4 is 19.3 Å². The van der Waals surface area contributed by atoms with Crippen LogP contribution in [0.1, 0.15) is 35.4 Å². The summed E-state index contributed by atoms with van der Waals surface area (Å²) in [5, 5.41) is 11.3. The van der Waals surface area contributed by atoms with Gasteiger partial charge in [-0.15, -0.1) is 0 Å². The summed E-state index contributed by atoms with van der Waals surface area (Å²) in [5.41, 5.74) is 2.11. The fourth-order valence-electron chi connectivity index (χ4n) is 9.21. The molecule has 6 atom stereocenters. The Bertz CT molecular complexity index is 2170. The normalized spacial score (nSPS) is 26.4. The molecule has 4 amide bonds. The van der Waals surface area contributed by atoms with E-state index in [4.69, 9.17) is 21.1 Å². The van der Waals surface area contributed by atoms with Gasteiger partial charge >= 0.3 is 0 Å². The van der Waals surface area contributed by atoms with Crippen LogP contribution in [-0.2, 0) is 24.6 Å². The molecule has 0 radical (unpaired) electrons. The fraction of sp³-hybridized carbons (Fsp3) is 0.238. The van der Waals surface area contributed by atoms with Crippen molar-refractivity contribution in [2.45, 2.75) is 24.2 Å². The number of phenols is 1. The van der Waals surface area contributed by atoms with Crippen LogP contribution in [0.15, 0.2) is 109 Å². The van der Waals surface area contributed by atoms with Gasteiger partial charge in [-0.3, -0.25) is 24.1 Å². The van der Waals surface area contributed by atoms with E-state index < -0.39 is 46.8 Å². The van der Waals surface area contributed by atoms with E-state index in [1.165, 1.54) is 24.0 Å². The number of anilines is 2. The predicted molar refractivity (Wildman–Crippen MR) is 196 cm³/mol. The highest BCUT2D eigenvalue weighted by Crippen LogP contribution is 2.65. The van der Waals surface area contributed by atoms with Crippen LogP contribution in [0.4, 0.5) is 11.4 Å². The molecule has 10 heteroatoms. The highest BCUT2D eigenvalue weighted by atomic mass is 35.5. The molecule has 1 N–H and O–H groups in total. The van der Waals surface area contributed by atoms with E-state index >= 15 is 4.79 Å². The molecule has 8 rings (SSSR count). The molecule has 4 aromatic rings. The maximum Gasteiger partial charge on any atom is 0.246 e. The van der Waals surface area contributed by atoms with Crippen molar-refractivity contribution in [1.82, 2.24) is 0 Å². The average molecular weight is 715 g/mol. The average Bonchev–Trinajstić information content (AvgIpc) is 3.56. The number of fused-ring (bicyclic) bond motifs is 4. The molecule has 3 fully saturated rings. The summed E-state index contributed by atoms with van der Waals surface area (Å²) in [6, 6.07) is 26.3. The molecule has 2 aliphatic heterocycles. The number of phenolic OH excluding ortho intramolecular Hbond substituents is 1. The van der Waals surface area contributed by atoms with Gasteiger partial charge in [-0.1, -0.05) is 84.4 Å². The molecule has 0 aromatic heterocycles. The van der Waals surface area contributed by atoms with Crippen LogP contribution in [0.5, 0.6) is 17.2 Å². The maximum absolute atomic E-state index is 15.4. The molecule has 0 spiro atoms. The van der Waals surface area contributed by atoms with Crippen molar-refractivity contribution >= 4 is 52.7 Å². The number of hydrogen-bond acceptors (Lipinski definition) is 7. The quantitative estimate of drug-likeness (QED) is 0.161. The van der Waals surface area contributed by atoms with Crippen LogP contribution in [-0.4, -0.2) is 43.0 Å². The van der Waals surface area contributed by atoms with Crippen molar-refractivity contribution in [2.75, 3.05) is 24.0 Å². The number of aromatic hydroxyl groups is 1. The SMILES string of the molecule is C=Cc1ccc(N2C(=O)C3CC=C4C(CC5C(=O)N(c6cccc(Cl)c6)C(=O)C5(c5ccccc5)C4c4cc(OC)c(O)c(OC)c4)C3C2=O)cc1. The summed E-state index contributed by atoms with van der Waals surface area (Å²) in [7, 11) is 2.85. The Balaban J connectivity index is 1.37. The van der Waals surface area contributed by atoms with Gasteiger partial charge in [-0.25, -0.2) is 4.90 Å². The summed E-state index contributed by atoms with van der Waals surface area (Å²) in [6.07, 6.45) is 4.09. The second-order valence-corrected chi connectivity index (χ2v) is 14.1. The van der Waals surface area contributed by atoms with Crippen molar-refractivity contribution in [1.29, 1.82) is 0 Å². The summed E-state index contributed by atoms with van der Waals surface area (Å²) in [4.78, 5) is 61.5. The van der Waals surface area contributed by atoms with Gasteiger partial charge in [0.15, 0.2) is 11.5 Å². The van der Waals surface area contributed by atoms with Gasteiger partial charge in [0, 0.05) is 10.9 Å². The Morgan fingerprint density at radius 3 is 2.13 bits per heavy atom. The van der Waals surface area contributed by atoms with E-state index in [0.717, 1.165) is 11.1 Å². The first kappa shape index (κ1) is 33.5. The van der Waals surface area contributed by atoms with Gasteiger partial charge in [0.05, 0.1) is 48.8 Å². The van der Waals surface area contributed by atoms with E-state index in [1.807, 2.05) is 36.4 Å². The minimum atomic E-state index is -1.49. The van der Waals surface area contributed by atoms with Crippen LogP contribution in [0, 0.1) is 23.7 Å². The number of amides is 4. The number of ether oxygens (including phenoxy) is 2. The second kappa shape index (κ2) is 12.5. The lowest BCUT2D eigenvalue weighted by Gasteiger charge is -2.50. The topological polar surface area (TPSA) is 113 Å². The van der Waals surface area contributed by atoms with Crippen LogP contribution in [0.25, 0.3) is 6.08 Å². The molecule has 262 valence electrons. The van der Waals surface area contributed by atoms with E-state index in [9.17, 15) is 19.5 Å². The Kier molecular flexibility index (Phi) is 8.06. The van der Waals surface area contributed by atoms with Crippen molar-refractivity contribution in [3.63, 3.8) is 0 Å². The third-order valence-electron chi connectivity index (χ3n) is 11.4. The highest BCUT2D eigenvalue weighted by Gasteiger charge is 2.70. The molecule has 0 bridgehead atoms. The number of allylic oxidation sites excluding steroid dienone is 2. The van der Waals surface area contributed by atoms with Crippen LogP contribution >= 0.6 is 11.6 Å². The zero-order valence-electron chi connectivity index (χ0n) is 28.5. The lowest BCUT2D eigenvalue weighted by Crippen LogP contribution is -2.53. The van der Waals surface area contributed by atoms with Crippen LogP contribution in [0.3, 0.4) is 0 Å². The zero-order chi connectivity index (χ0) is 36.5. The highest BCUT2D eigenvalue weighted by molar-refractivity contribution is 6.32. The Morgan fingerprint density at radius 1 is 0.808 bits per heavy atom. The minimum absolute atomic E-state index is 0.121. The van der Waals surface area contributed by atoms with Gasteiger partial charge in [-0.05, 0) is 77.9 Å². The number of benzene rings is 4. The lowest BCUT2D eigenvalue weighted by atomic mass is 9.49. The van der Waals surface area contributed by atoms with Gasteiger partial charge in [0.2, 0.25) is 29.4 Å². The molecule has 52 heavy (non-hydrogen) atoms. The molecule has 1 saturated carbocycles. The Hall–Kier alpha value is -5.67. The number of hydrogen-bond donors (Lipinski definition) is 1. The fourth-order valence-corrected chi connectivity index (χ4v) is 9.40.